The number of carbonyl (C=O) groups is 2. The molecule has 1 saturated carbocycles. The highest BCUT2D eigenvalue weighted by atomic mass is 16.4. The fraction of sp³-hybridized carbons (Fsp3) is 0.409. The van der Waals surface area contributed by atoms with Gasteiger partial charge in [-0.3, -0.25) is 9.59 Å². The average molecular weight is 380 g/mol. The van der Waals surface area contributed by atoms with Crippen molar-refractivity contribution >= 4 is 17.5 Å². The number of carbonyl (C=O) groups excluding carboxylic acids is 2. The number of anilines is 1. The first kappa shape index (κ1) is 18.5. The molecule has 6 heteroatoms. The molecule has 1 aliphatic heterocycles. The van der Waals surface area contributed by atoms with Gasteiger partial charge in [0, 0.05) is 31.1 Å². The van der Waals surface area contributed by atoms with Crippen molar-refractivity contribution in [1.82, 2.24) is 5.32 Å². The van der Waals surface area contributed by atoms with Crippen molar-refractivity contribution in [2.24, 2.45) is 0 Å². The molecule has 1 N–H and O–H groups in total. The van der Waals surface area contributed by atoms with Gasteiger partial charge >= 0.3 is 5.63 Å². The first-order chi connectivity index (χ1) is 13.5. The lowest BCUT2D eigenvalue weighted by molar-refractivity contribution is -0.117. The van der Waals surface area contributed by atoms with Crippen LogP contribution in [0.2, 0.25) is 0 Å². The van der Waals surface area contributed by atoms with Crippen molar-refractivity contribution in [2.75, 3.05) is 11.4 Å². The Kier molecular flexibility index (Phi) is 5.03. The third kappa shape index (κ3) is 3.59. The molecule has 1 aromatic carbocycles. The van der Waals surface area contributed by atoms with Crippen LogP contribution in [0.3, 0.4) is 0 Å². The maximum Gasteiger partial charge on any atom is 0.349 e. The minimum Gasteiger partial charge on any atom is -0.427 e. The Morgan fingerprint density at radius 2 is 1.93 bits per heavy atom. The van der Waals surface area contributed by atoms with Crippen molar-refractivity contribution in [2.45, 2.75) is 51.5 Å². The molecule has 146 valence electrons. The van der Waals surface area contributed by atoms with Crippen LogP contribution in [0.1, 0.15) is 65.3 Å². The highest BCUT2D eigenvalue weighted by Gasteiger charge is 2.25. The van der Waals surface area contributed by atoms with E-state index in [0.717, 1.165) is 43.5 Å². The van der Waals surface area contributed by atoms with Crippen LogP contribution < -0.4 is 15.8 Å². The number of hydrogen-bond donors (Lipinski definition) is 1. The molecule has 0 unspecified atom stereocenters. The Balaban J connectivity index is 1.41. The summed E-state index contributed by atoms with van der Waals surface area (Å²) in [7, 11) is 0. The van der Waals surface area contributed by atoms with Crippen LogP contribution in [-0.4, -0.2) is 18.4 Å². The van der Waals surface area contributed by atoms with Gasteiger partial charge in [0.15, 0.2) is 0 Å². The molecular weight excluding hydrogens is 356 g/mol. The van der Waals surface area contributed by atoms with E-state index in [4.69, 9.17) is 4.42 Å². The van der Waals surface area contributed by atoms with Crippen molar-refractivity contribution in [3.05, 3.63) is 63.2 Å². The van der Waals surface area contributed by atoms with Gasteiger partial charge in [0.1, 0.15) is 11.3 Å². The third-order valence-corrected chi connectivity index (χ3v) is 5.68. The second-order valence-corrected chi connectivity index (χ2v) is 7.62. The first-order valence-electron chi connectivity index (χ1n) is 9.85. The molecule has 2 amide bonds. The number of hydrogen-bond acceptors (Lipinski definition) is 4. The summed E-state index contributed by atoms with van der Waals surface area (Å²) in [6.45, 7) is 2.83. The van der Waals surface area contributed by atoms with E-state index in [1.165, 1.54) is 0 Å². The Labute approximate surface area is 163 Å². The van der Waals surface area contributed by atoms with E-state index in [1.54, 1.807) is 11.8 Å². The van der Waals surface area contributed by atoms with Crippen LogP contribution in [-0.2, 0) is 11.3 Å². The average Bonchev–Trinajstić information content (AvgIpc) is 3.04. The molecule has 2 heterocycles. The van der Waals surface area contributed by atoms with Crippen LogP contribution >= 0.6 is 0 Å². The molecule has 2 fully saturated rings. The Hall–Kier alpha value is -2.89. The highest BCUT2D eigenvalue weighted by molar-refractivity contribution is 5.95. The van der Waals surface area contributed by atoms with E-state index in [-0.39, 0.29) is 11.5 Å². The molecule has 0 radical (unpaired) electrons. The lowest BCUT2D eigenvalue weighted by Gasteiger charge is -2.24. The fourth-order valence-corrected chi connectivity index (χ4v) is 3.79. The Morgan fingerprint density at radius 3 is 2.50 bits per heavy atom. The molecular formula is C22H24N2O4. The summed E-state index contributed by atoms with van der Waals surface area (Å²) < 4.78 is 5.40. The molecule has 0 bridgehead atoms. The summed E-state index contributed by atoms with van der Waals surface area (Å²) in [5.74, 6) is 0.723. The number of rotatable bonds is 5. The van der Waals surface area contributed by atoms with Crippen LogP contribution in [0.25, 0.3) is 0 Å². The zero-order valence-electron chi connectivity index (χ0n) is 16.0. The van der Waals surface area contributed by atoms with Gasteiger partial charge in [-0.05, 0) is 55.5 Å². The van der Waals surface area contributed by atoms with Crippen LogP contribution in [0.15, 0.2) is 39.5 Å². The van der Waals surface area contributed by atoms with Crippen molar-refractivity contribution in [3.8, 4) is 0 Å². The second kappa shape index (κ2) is 7.62. The summed E-state index contributed by atoms with van der Waals surface area (Å²) in [6.07, 6.45) is 4.71. The van der Waals surface area contributed by atoms with Gasteiger partial charge in [0.2, 0.25) is 5.91 Å². The predicted octanol–water partition coefficient (Wildman–Crippen LogP) is 3.27. The van der Waals surface area contributed by atoms with Gasteiger partial charge in [-0.2, -0.15) is 0 Å². The van der Waals surface area contributed by atoms with Crippen molar-refractivity contribution < 1.29 is 14.0 Å². The maximum atomic E-state index is 12.5. The molecule has 2 aromatic rings. The zero-order valence-corrected chi connectivity index (χ0v) is 16.0. The Morgan fingerprint density at radius 1 is 1.18 bits per heavy atom. The highest BCUT2D eigenvalue weighted by Crippen LogP contribution is 2.36. The quantitative estimate of drug-likeness (QED) is 0.863. The summed E-state index contributed by atoms with van der Waals surface area (Å²) in [5, 5.41) is 2.79. The summed E-state index contributed by atoms with van der Waals surface area (Å²) >= 11 is 0. The molecule has 4 rings (SSSR count). The van der Waals surface area contributed by atoms with E-state index in [9.17, 15) is 14.4 Å². The predicted molar refractivity (Wildman–Crippen MR) is 106 cm³/mol. The van der Waals surface area contributed by atoms with Crippen molar-refractivity contribution in [1.29, 1.82) is 0 Å². The van der Waals surface area contributed by atoms with Crippen LogP contribution in [0, 0.1) is 6.92 Å². The molecule has 1 aliphatic carbocycles. The number of nitrogens with one attached hydrogen (secondary N) is 1. The largest absolute Gasteiger partial charge is 0.427 e. The van der Waals surface area contributed by atoms with Crippen molar-refractivity contribution in [3.63, 3.8) is 0 Å². The number of benzene rings is 1. The second-order valence-electron chi connectivity index (χ2n) is 7.62. The van der Waals surface area contributed by atoms with Gasteiger partial charge in [-0.1, -0.05) is 18.6 Å². The lowest BCUT2D eigenvalue weighted by atomic mass is 9.83. The summed E-state index contributed by atoms with van der Waals surface area (Å²) in [4.78, 5) is 38.4. The summed E-state index contributed by atoms with van der Waals surface area (Å²) in [5.41, 5.74) is 1.93. The third-order valence-electron chi connectivity index (χ3n) is 5.68. The molecule has 0 atom stereocenters. The normalized spacial score (nSPS) is 16.9. The Bertz CT molecular complexity index is 957. The van der Waals surface area contributed by atoms with E-state index in [0.29, 0.717) is 30.2 Å². The smallest absolute Gasteiger partial charge is 0.349 e. The minimum absolute atomic E-state index is 0.0716. The van der Waals surface area contributed by atoms with E-state index >= 15 is 0 Å². The van der Waals surface area contributed by atoms with Gasteiger partial charge in [-0.15, -0.1) is 0 Å². The zero-order chi connectivity index (χ0) is 19.7. The minimum atomic E-state index is -0.567. The fourth-order valence-electron chi connectivity index (χ4n) is 3.79. The van der Waals surface area contributed by atoms with Gasteiger partial charge in [0.05, 0.1) is 0 Å². The van der Waals surface area contributed by atoms with Crippen LogP contribution in [0.5, 0.6) is 0 Å². The maximum absolute atomic E-state index is 12.5. The first-order valence-corrected chi connectivity index (χ1v) is 9.85. The lowest BCUT2D eigenvalue weighted by Crippen LogP contribution is -2.29. The monoisotopic (exact) mass is 380 g/mol. The topological polar surface area (TPSA) is 79.6 Å². The molecule has 1 saturated heterocycles. The number of aryl methyl sites for hydroxylation is 1. The molecule has 1 aromatic heterocycles. The molecule has 2 aliphatic rings. The van der Waals surface area contributed by atoms with Gasteiger partial charge < -0.3 is 14.6 Å². The van der Waals surface area contributed by atoms with E-state index < -0.39 is 11.5 Å². The van der Waals surface area contributed by atoms with Crippen LogP contribution in [0.4, 0.5) is 5.69 Å². The van der Waals surface area contributed by atoms with E-state index in [1.807, 2.05) is 30.3 Å². The SMILES string of the molecule is Cc1cc(C2CCC2)oc(=O)c1C(=O)NCc1ccc(N2CCCC2=O)cc1. The van der Waals surface area contributed by atoms with Gasteiger partial charge in [0.25, 0.3) is 5.91 Å². The molecule has 0 spiro atoms. The van der Waals surface area contributed by atoms with Gasteiger partial charge in [-0.25, -0.2) is 4.79 Å². The van der Waals surface area contributed by atoms with E-state index in [2.05, 4.69) is 5.32 Å². The molecule has 28 heavy (non-hydrogen) atoms. The summed E-state index contributed by atoms with van der Waals surface area (Å²) in [6, 6.07) is 9.37. The standard InChI is InChI=1S/C22H24N2O4/c1-14-12-18(16-4-2-5-16)28-22(27)20(14)21(26)23-13-15-7-9-17(10-8-15)24-11-3-6-19(24)25/h7-10,12,16H,2-6,11,13H2,1H3,(H,23,26). The number of amides is 2. The molecule has 6 nitrogen and oxygen atoms in total. The number of nitrogens with zero attached hydrogens (tertiary/aromatic N) is 1.